The molecule has 0 amide bonds. The van der Waals surface area contributed by atoms with Crippen molar-refractivity contribution in [3.63, 3.8) is 0 Å². The smallest absolute Gasteiger partial charge is 0.141 e. The molecule has 0 spiro atoms. The molecule has 2 aromatic rings. The normalized spacial score (nSPS) is 20.1. The molecule has 0 aromatic carbocycles. The Balaban J connectivity index is 1.34. The fraction of sp³-hybridized carbons (Fsp3) is 0.643. The maximum Gasteiger partial charge on any atom is 0.141 e. The number of hydrogen-bond acceptors (Lipinski definition) is 6. The van der Waals surface area contributed by atoms with Gasteiger partial charge < -0.3 is 4.90 Å². The van der Waals surface area contributed by atoms with E-state index in [-0.39, 0.29) is 0 Å². The van der Waals surface area contributed by atoms with Crippen LogP contribution in [0.15, 0.2) is 25.3 Å². The summed E-state index contributed by atoms with van der Waals surface area (Å²) in [7, 11) is 0. The van der Waals surface area contributed by atoms with Crippen LogP contribution in [-0.2, 0) is 12.8 Å². The predicted octanol–water partition coefficient (Wildman–Crippen LogP) is 5.41. The minimum atomic E-state index is 0.554. The lowest BCUT2D eigenvalue weighted by Crippen LogP contribution is -2.49. The predicted molar refractivity (Wildman–Crippen MR) is 145 cm³/mol. The topological polar surface area (TPSA) is 35.5 Å². The first-order chi connectivity index (χ1) is 16.8. The zero-order valence-electron chi connectivity index (χ0n) is 20.8. The highest BCUT2D eigenvalue weighted by atomic mass is 32.1. The highest BCUT2D eigenvalue weighted by molar-refractivity contribution is 7.19. The number of hydrogen-bond donors (Lipinski definition) is 0. The molecule has 1 aliphatic heterocycles. The molecule has 2 aromatic heterocycles. The van der Waals surface area contributed by atoms with Crippen molar-refractivity contribution in [3.8, 4) is 0 Å². The number of aryl methyl sites for hydroxylation is 2. The Labute approximate surface area is 209 Å². The fourth-order valence-electron chi connectivity index (χ4n) is 6.01. The van der Waals surface area contributed by atoms with E-state index in [0.29, 0.717) is 5.92 Å². The molecule has 2 fully saturated rings. The molecule has 3 aliphatic rings. The molecule has 0 radical (unpaired) electrons. The summed E-state index contributed by atoms with van der Waals surface area (Å²) in [5.74, 6) is 2.94. The van der Waals surface area contributed by atoms with Crippen LogP contribution in [0.3, 0.4) is 0 Å². The van der Waals surface area contributed by atoms with Crippen LogP contribution in [0.5, 0.6) is 0 Å². The molecule has 0 bridgehead atoms. The highest BCUT2D eigenvalue weighted by Gasteiger charge is 2.28. The summed E-state index contributed by atoms with van der Waals surface area (Å²) in [6.45, 7) is 16.2. The molecule has 0 unspecified atom stereocenters. The molecular weight excluding hydrogens is 438 g/mol. The highest BCUT2D eigenvalue weighted by Crippen LogP contribution is 2.42. The van der Waals surface area contributed by atoms with Crippen LogP contribution in [0.2, 0.25) is 0 Å². The van der Waals surface area contributed by atoms with Gasteiger partial charge in [-0.3, -0.25) is 9.80 Å². The van der Waals surface area contributed by atoms with E-state index < -0.39 is 0 Å². The zero-order chi connectivity index (χ0) is 23.3. The summed E-state index contributed by atoms with van der Waals surface area (Å²) in [6.07, 6.45) is 15.6. The third-order valence-electron chi connectivity index (χ3n) is 7.96. The van der Waals surface area contributed by atoms with Crippen molar-refractivity contribution in [2.75, 3.05) is 57.3 Å². The molecule has 1 saturated heterocycles. The molecule has 3 heterocycles. The van der Waals surface area contributed by atoms with Crippen molar-refractivity contribution in [1.29, 1.82) is 0 Å². The molecule has 6 heteroatoms. The van der Waals surface area contributed by atoms with Gasteiger partial charge in [0.1, 0.15) is 16.5 Å². The third-order valence-corrected chi connectivity index (χ3v) is 9.15. The van der Waals surface area contributed by atoms with Gasteiger partial charge in [0, 0.05) is 63.2 Å². The van der Waals surface area contributed by atoms with Crippen molar-refractivity contribution >= 4 is 27.4 Å². The Bertz CT molecular complexity index is 974. The van der Waals surface area contributed by atoms with Crippen LogP contribution in [0, 0.1) is 0 Å². The summed E-state index contributed by atoms with van der Waals surface area (Å²) in [5.41, 5.74) is 1.57. The van der Waals surface area contributed by atoms with Gasteiger partial charge in [-0.2, -0.15) is 0 Å². The van der Waals surface area contributed by atoms with Crippen molar-refractivity contribution in [2.45, 2.75) is 63.7 Å². The lowest BCUT2D eigenvalue weighted by atomic mass is 9.88. The molecule has 0 atom stereocenters. The largest absolute Gasteiger partial charge is 0.353 e. The maximum absolute atomic E-state index is 5.35. The summed E-state index contributed by atoms with van der Waals surface area (Å²) >= 11 is 1.97. The van der Waals surface area contributed by atoms with Crippen molar-refractivity contribution < 1.29 is 0 Å². The second kappa shape index (κ2) is 11.3. The van der Waals surface area contributed by atoms with E-state index in [1.54, 1.807) is 10.4 Å². The summed E-state index contributed by atoms with van der Waals surface area (Å²) in [4.78, 5) is 21.0. The molecule has 0 N–H and O–H groups in total. The monoisotopic (exact) mass is 479 g/mol. The van der Waals surface area contributed by atoms with Gasteiger partial charge in [-0.15, -0.1) is 24.5 Å². The Kier molecular flexibility index (Phi) is 7.98. The van der Waals surface area contributed by atoms with Gasteiger partial charge in [-0.05, 0) is 44.1 Å². The number of piperazine rings is 1. The second-order valence-electron chi connectivity index (χ2n) is 10.3. The van der Waals surface area contributed by atoms with Crippen molar-refractivity contribution in [1.82, 2.24) is 19.8 Å². The Morgan fingerprint density at radius 3 is 2.38 bits per heavy atom. The third kappa shape index (κ3) is 5.24. The van der Waals surface area contributed by atoms with E-state index in [9.17, 15) is 0 Å². The minimum Gasteiger partial charge on any atom is -0.353 e. The van der Waals surface area contributed by atoms with E-state index in [0.717, 1.165) is 58.2 Å². The number of aromatic nitrogens is 2. The molecule has 1 saturated carbocycles. The Morgan fingerprint density at radius 1 is 0.912 bits per heavy atom. The van der Waals surface area contributed by atoms with Gasteiger partial charge in [-0.25, -0.2) is 9.97 Å². The average molecular weight is 480 g/mol. The van der Waals surface area contributed by atoms with E-state index in [1.165, 1.54) is 73.8 Å². The number of thiophene rings is 1. The van der Waals surface area contributed by atoms with Gasteiger partial charge >= 0.3 is 0 Å². The van der Waals surface area contributed by atoms with E-state index >= 15 is 0 Å². The molecule has 5 nitrogen and oxygen atoms in total. The van der Waals surface area contributed by atoms with Crippen molar-refractivity contribution in [3.05, 3.63) is 41.6 Å². The minimum absolute atomic E-state index is 0.554. The van der Waals surface area contributed by atoms with E-state index in [2.05, 4.69) is 27.9 Å². The summed E-state index contributed by atoms with van der Waals surface area (Å²) in [6, 6.07) is 0. The Morgan fingerprint density at radius 2 is 1.65 bits per heavy atom. The fourth-order valence-corrected chi connectivity index (χ4v) is 7.28. The van der Waals surface area contributed by atoms with Crippen LogP contribution in [0.25, 0.3) is 10.2 Å². The van der Waals surface area contributed by atoms with Gasteiger partial charge in [0.05, 0.1) is 5.39 Å². The van der Waals surface area contributed by atoms with Gasteiger partial charge in [0.2, 0.25) is 0 Å². The lowest BCUT2D eigenvalue weighted by molar-refractivity contribution is 0.214. The van der Waals surface area contributed by atoms with Crippen LogP contribution in [0.4, 0.5) is 5.82 Å². The number of rotatable bonds is 9. The molecule has 184 valence electrons. The standard InChI is InChI=1S/C28H41N5S/c1-3-14-31(15-4-2)16-17-32-18-20-33(21-19-32)27-25-23-12-8-9-13-24(23)34-28(25)30-26(29-27)22-10-6-5-7-11-22/h3-4,22H,1-2,5-21H2. The zero-order valence-corrected chi connectivity index (χ0v) is 21.6. The Hall–Kier alpha value is -1.76. The lowest BCUT2D eigenvalue weighted by Gasteiger charge is -2.37. The average Bonchev–Trinajstić information content (AvgIpc) is 3.26. The van der Waals surface area contributed by atoms with Crippen molar-refractivity contribution in [2.24, 2.45) is 0 Å². The van der Waals surface area contributed by atoms with Crippen LogP contribution >= 0.6 is 11.3 Å². The van der Waals surface area contributed by atoms with Gasteiger partial charge in [0.25, 0.3) is 0 Å². The first-order valence-electron chi connectivity index (χ1n) is 13.5. The first-order valence-corrected chi connectivity index (χ1v) is 14.3. The van der Waals surface area contributed by atoms with E-state index in [4.69, 9.17) is 9.97 Å². The number of anilines is 1. The SMILES string of the molecule is C=CCN(CC=C)CCN1CCN(c2nc(C3CCCCC3)nc3sc4c(c23)CCCC4)CC1. The van der Waals surface area contributed by atoms with Crippen LogP contribution in [-0.4, -0.2) is 72.1 Å². The number of fused-ring (bicyclic) bond motifs is 3. The first kappa shape index (κ1) is 24.0. The van der Waals surface area contributed by atoms with Gasteiger partial charge in [0.15, 0.2) is 0 Å². The maximum atomic E-state index is 5.35. The number of nitrogens with zero attached hydrogens (tertiary/aromatic N) is 5. The van der Waals surface area contributed by atoms with Crippen LogP contribution < -0.4 is 4.90 Å². The molecule has 5 rings (SSSR count). The van der Waals surface area contributed by atoms with Crippen LogP contribution in [0.1, 0.15) is 67.1 Å². The molecule has 34 heavy (non-hydrogen) atoms. The summed E-state index contributed by atoms with van der Waals surface area (Å²) in [5, 5.41) is 1.40. The van der Waals surface area contributed by atoms with Gasteiger partial charge in [-0.1, -0.05) is 31.4 Å². The second-order valence-corrected chi connectivity index (χ2v) is 11.4. The molecule has 2 aliphatic carbocycles. The quantitative estimate of drug-likeness (QED) is 0.449. The van der Waals surface area contributed by atoms with E-state index in [1.807, 2.05) is 23.5 Å². The summed E-state index contributed by atoms with van der Waals surface area (Å²) < 4.78 is 0. The molecular formula is C28H41N5S.